The van der Waals surface area contributed by atoms with Crippen molar-refractivity contribution in [2.45, 2.75) is 39.3 Å². The predicted octanol–water partition coefficient (Wildman–Crippen LogP) is 2.30. The summed E-state index contributed by atoms with van der Waals surface area (Å²) in [5.74, 6) is -0.833. The van der Waals surface area contributed by atoms with Gasteiger partial charge in [-0.1, -0.05) is 30.3 Å². The number of aliphatic carboxylic acids is 1. The number of carbonyl (C=O) groups excluding carboxylic acids is 1. The Morgan fingerprint density at radius 1 is 1.29 bits per heavy atom. The minimum absolute atomic E-state index is 0.217. The Morgan fingerprint density at radius 3 is 2.14 bits per heavy atom. The average molecular weight is 296 g/mol. The molecule has 1 rings (SSSR count). The number of hydrogen-bond donors (Lipinski definition) is 3. The zero-order valence-corrected chi connectivity index (χ0v) is 12.9. The van der Waals surface area contributed by atoms with Crippen LogP contribution in [-0.4, -0.2) is 29.3 Å². The largest absolute Gasteiger partial charge is 0.481 e. The van der Waals surface area contributed by atoms with E-state index in [9.17, 15) is 4.79 Å². The summed E-state index contributed by atoms with van der Waals surface area (Å²) in [6.45, 7) is 6.90. The van der Waals surface area contributed by atoms with Crippen molar-refractivity contribution in [3.8, 4) is 0 Å². The van der Waals surface area contributed by atoms with E-state index in [0.29, 0.717) is 6.54 Å². The van der Waals surface area contributed by atoms with Gasteiger partial charge in [-0.3, -0.25) is 4.79 Å². The lowest BCUT2D eigenvalue weighted by Crippen LogP contribution is -2.37. The molecule has 0 aliphatic carbocycles. The Labute approximate surface area is 125 Å². The van der Waals surface area contributed by atoms with Crippen LogP contribution in [0.15, 0.2) is 30.3 Å². The number of carboxylic acid groups (broad SMARTS) is 1. The normalized spacial score (nSPS) is 11.7. The van der Waals surface area contributed by atoms with Gasteiger partial charge in [0.15, 0.2) is 0 Å². The fourth-order valence-corrected chi connectivity index (χ4v) is 1.41. The number of alkyl carbamates (subject to hydrolysis) is 1. The van der Waals surface area contributed by atoms with Gasteiger partial charge in [0, 0.05) is 13.5 Å². The van der Waals surface area contributed by atoms with E-state index in [1.165, 1.54) is 0 Å². The highest BCUT2D eigenvalue weighted by Crippen LogP contribution is 2.13. The lowest BCUT2D eigenvalue weighted by Gasteiger charge is -2.23. The molecule has 0 fully saturated rings. The molecule has 1 atom stereocenters. The molecule has 0 saturated carbocycles. The van der Waals surface area contributed by atoms with Crippen molar-refractivity contribution in [3.63, 3.8) is 0 Å². The van der Waals surface area contributed by atoms with Gasteiger partial charge >= 0.3 is 6.09 Å². The fraction of sp³-hybridized carbons (Fsp3) is 0.467. The lowest BCUT2D eigenvalue weighted by molar-refractivity contribution is -0.134. The van der Waals surface area contributed by atoms with Crippen LogP contribution in [0.4, 0.5) is 4.79 Å². The van der Waals surface area contributed by atoms with Gasteiger partial charge in [-0.15, -0.1) is 0 Å². The number of carbonyl (C=O) groups is 2. The Balaban J connectivity index is 0.000000885. The second kappa shape index (κ2) is 8.97. The molecule has 21 heavy (non-hydrogen) atoms. The van der Waals surface area contributed by atoms with Crippen LogP contribution in [0.1, 0.15) is 39.3 Å². The average Bonchev–Trinajstić information content (AvgIpc) is 2.34. The molecule has 0 bridgehead atoms. The maximum absolute atomic E-state index is 11.6. The molecule has 6 heteroatoms. The monoisotopic (exact) mass is 296 g/mol. The van der Waals surface area contributed by atoms with Crippen molar-refractivity contribution in [2.24, 2.45) is 5.73 Å². The van der Waals surface area contributed by atoms with E-state index in [1.54, 1.807) is 0 Å². The van der Waals surface area contributed by atoms with Crippen LogP contribution >= 0.6 is 0 Å². The second-order valence-electron chi connectivity index (χ2n) is 5.36. The first-order valence-corrected chi connectivity index (χ1v) is 6.59. The lowest BCUT2D eigenvalue weighted by atomic mass is 10.1. The highest BCUT2D eigenvalue weighted by Gasteiger charge is 2.19. The Morgan fingerprint density at radius 2 is 1.76 bits per heavy atom. The highest BCUT2D eigenvalue weighted by atomic mass is 16.6. The zero-order chi connectivity index (χ0) is 16.5. The topological polar surface area (TPSA) is 102 Å². The van der Waals surface area contributed by atoms with Gasteiger partial charge in [-0.05, 0) is 26.3 Å². The molecule has 0 radical (unpaired) electrons. The Hall–Kier alpha value is -2.08. The van der Waals surface area contributed by atoms with E-state index < -0.39 is 17.7 Å². The summed E-state index contributed by atoms with van der Waals surface area (Å²) in [7, 11) is 0. The van der Waals surface area contributed by atoms with Crippen LogP contribution in [0.25, 0.3) is 0 Å². The molecular formula is C15H24N2O4. The second-order valence-corrected chi connectivity index (χ2v) is 5.36. The molecule has 0 saturated heterocycles. The molecule has 0 heterocycles. The molecule has 0 aliphatic rings. The number of ether oxygens (including phenoxy) is 1. The van der Waals surface area contributed by atoms with Crippen LogP contribution < -0.4 is 11.1 Å². The molecule has 0 aromatic heterocycles. The van der Waals surface area contributed by atoms with Gasteiger partial charge in [0.1, 0.15) is 5.60 Å². The smallest absolute Gasteiger partial charge is 0.408 e. The molecular weight excluding hydrogens is 272 g/mol. The van der Waals surface area contributed by atoms with Crippen molar-refractivity contribution >= 4 is 12.1 Å². The van der Waals surface area contributed by atoms with Crippen molar-refractivity contribution in [1.29, 1.82) is 0 Å². The van der Waals surface area contributed by atoms with E-state index in [-0.39, 0.29) is 6.04 Å². The zero-order valence-electron chi connectivity index (χ0n) is 12.9. The third-order valence-corrected chi connectivity index (χ3v) is 2.13. The van der Waals surface area contributed by atoms with Gasteiger partial charge in [0.25, 0.3) is 5.97 Å². The number of nitrogens with one attached hydrogen (secondary N) is 1. The van der Waals surface area contributed by atoms with Crippen molar-refractivity contribution in [1.82, 2.24) is 5.32 Å². The number of carboxylic acids is 1. The van der Waals surface area contributed by atoms with Crippen molar-refractivity contribution < 1.29 is 19.4 Å². The summed E-state index contributed by atoms with van der Waals surface area (Å²) in [6, 6.07) is 9.38. The van der Waals surface area contributed by atoms with E-state index in [1.807, 2.05) is 51.1 Å². The number of amides is 1. The minimum Gasteiger partial charge on any atom is -0.481 e. The first-order valence-electron chi connectivity index (χ1n) is 6.59. The van der Waals surface area contributed by atoms with E-state index >= 15 is 0 Å². The molecule has 0 unspecified atom stereocenters. The molecule has 0 aliphatic heterocycles. The first-order chi connectivity index (χ1) is 9.65. The molecule has 118 valence electrons. The van der Waals surface area contributed by atoms with E-state index in [0.717, 1.165) is 12.5 Å². The molecule has 0 spiro atoms. The maximum atomic E-state index is 11.6. The quantitative estimate of drug-likeness (QED) is 0.794. The maximum Gasteiger partial charge on any atom is 0.408 e. The van der Waals surface area contributed by atoms with Crippen molar-refractivity contribution in [3.05, 3.63) is 35.9 Å². The van der Waals surface area contributed by atoms with Gasteiger partial charge < -0.3 is 20.9 Å². The standard InChI is InChI=1S/C13H20N2O2.C2H4O2/c1-13(2,3)17-12(16)15-11(9-14)10-7-5-4-6-8-10;1-2(3)4/h4-8,11H,9,14H2,1-3H3,(H,15,16);1H3,(H,3,4)/t11-;/m0./s1. The molecule has 1 amide bonds. The van der Waals surface area contributed by atoms with E-state index in [4.69, 9.17) is 20.4 Å². The van der Waals surface area contributed by atoms with Crippen LogP contribution in [0.5, 0.6) is 0 Å². The summed E-state index contributed by atoms with van der Waals surface area (Å²) >= 11 is 0. The third-order valence-electron chi connectivity index (χ3n) is 2.13. The fourth-order valence-electron chi connectivity index (χ4n) is 1.41. The van der Waals surface area contributed by atoms with Gasteiger partial charge in [-0.25, -0.2) is 4.79 Å². The number of hydrogen-bond acceptors (Lipinski definition) is 4. The van der Waals surface area contributed by atoms with Gasteiger partial charge in [0.2, 0.25) is 0 Å². The first kappa shape index (κ1) is 18.9. The summed E-state index contributed by atoms with van der Waals surface area (Å²) in [5, 5.41) is 10.2. The number of benzene rings is 1. The molecule has 4 N–H and O–H groups in total. The summed E-state index contributed by atoms with van der Waals surface area (Å²) in [4.78, 5) is 20.6. The Bertz CT molecular complexity index is 437. The highest BCUT2D eigenvalue weighted by molar-refractivity contribution is 5.68. The number of nitrogens with two attached hydrogens (primary N) is 1. The summed E-state index contributed by atoms with van der Waals surface area (Å²) in [5.41, 5.74) is 6.12. The SMILES string of the molecule is CC(=O)O.CC(C)(C)OC(=O)N[C@@H](CN)c1ccccc1. The van der Waals surface area contributed by atoms with E-state index in [2.05, 4.69) is 5.32 Å². The number of rotatable bonds is 3. The van der Waals surface area contributed by atoms with Crippen LogP contribution in [0, 0.1) is 0 Å². The predicted molar refractivity (Wildman–Crippen MR) is 80.9 cm³/mol. The third kappa shape index (κ3) is 10.4. The Kier molecular flexibility index (Phi) is 8.08. The van der Waals surface area contributed by atoms with Crippen LogP contribution in [-0.2, 0) is 9.53 Å². The summed E-state index contributed by atoms with van der Waals surface area (Å²) < 4.78 is 5.19. The summed E-state index contributed by atoms with van der Waals surface area (Å²) in [6.07, 6.45) is -0.447. The molecule has 1 aromatic carbocycles. The minimum atomic E-state index is -0.833. The molecule has 6 nitrogen and oxygen atoms in total. The van der Waals surface area contributed by atoms with Crippen molar-refractivity contribution in [2.75, 3.05) is 6.54 Å². The molecule has 1 aromatic rings. The van der Waals surface area contributed by atoms with Crippen LogP contribution in [0.3, 0.4) is 0 Å². The van der Waals surface area contributed by atoms with Gasteiger partial charge in [0.05, 0.1) is 6.04 Å². The van der Waals surface area contributed by atoms with Crippen LogP contribution in [0.2, 0.25) is 0 Å². The van der Waals surface area contributed by atoms with Gasteiger partial charge in [-0.2, -0.15) is 0 Å².